The molecule has 2 rings (SSSR count). The maximum Gasteiger partial charge on any atom is 0.349 e. The molecule has 1 aliphatic carbocycles. The van der Waals surface area contributed by atoms with Crippen molar-refractivity contribution < 1.29 is 38.5 Å². The van der Waals surface area contributed by atoms with Crippen LogP contribution in [0.25, 0.3) is 0 Å². The fourth-order valence-electron chi connectivity index (χ4n) is 2.70. The standard InChI is InChI=1S/C19H20O8/c1-2-16(20)25-11-17(21)26-14-7-9-15(10-8-14)27-19(24)13-5-3-12(4-6-13)18(22)23/h2,7-10,12-13H,1,3-6,11H2,(H,22,23). The van der Waals surface area contributed by atoms with Gasteiger partial charge in [-0.1, -0.05) is 6.58 Å². The number of hydrogen-bond acceptors (Lipinski definition) is 7. The molecule has 0 aliphatic heterocycles. The lowest BCUT2D eigenvalue weighted by atomic mass is 9.82. The van der Waals surface area contributed by atoms with Crippen LogP contribution in [0.3, 0.4) is 0 Å². The van der Waals surface area contributed by atoms with Crippen LogP contribution in [-0.2, 0) is 23.9 Å². The Morgan fingerprint density at radius 2 is 1.48 bits per heavy atom. The van der Waals surface area contributed by atoms with E-state index in [1.807, 2.05) is 0 Å². The van der Waals surface area contributed by atoms with Crippen molar-refractivity contribution in [1.29, 1.82) is 0 Å². The van der Waals surface area contributed by atoms with E-state index in [0.29, 0.717) is 31.4 Å². The number of hydrogen-bond donors (Lipinski definition) is 1. The molecule has 0 aromatic heterocycles. The number of carbonyl (C=O) groups is 4. The Labute approximate surface area is 155 Å². The smallest absolute Gasteiger partial charge is 0.349 e. The summed E-state index contributed by atoms with van der Waals surface area (Å²) in [4.78, 5) is 45.5. The number of benzene rings is 1. The lowest BCUT2D eigenvalue weighted by molar-refractivity contribution is -0.150. The molecular weight excluding hydrogens is 356 g/mol. The second kappa shape index (κ2) is 9.51. The molecule has 1 fully saturated rings. The van der Waals surface area contributed by atoms with Crippen molar-refractivity contribution >= 4 is 23.9 Å². The molecule has 144 valence electrons. The molecule has 8 heteroatoms. The second-order valence-corrected chi connectivity index (χ2v) is 6.07. The van der Waals surface area contributed by atoms with Gasteiger partial charge < -0.3 is 19.3 Å². The third kappa shape index (κ3) is 6.25. The molecule has 8 nitrogen and oxygen atoms in total. The first-order chi connectivity index (χ1) is 12.9. The van der Waals surface area contributed by atoms with Gasteiger partial charge in [0, 0.05) is 6.08 Å². The number of carboxylic acid groups (broad SMARTS) is 1. The van der Waals surface area contributed by atoms with Gasteiger partial charge in [0.25, 0.3) is 0 Å². The normalized spacial score (nSPS) is 18.8. The first-order valence-electron chi connectivity index (χ1n) is 8.43. The van der Waals surface area contributed by atoms with Crippen LogP contribution < -0.4 is 9.47 Å². The maximum absolute atomic E-state index is 12.2. The monoisotopic (exact) mass is 376 g/mol. The largest absolute Gasteiger partial charge is 0.481 e. The molecule has 0 heterocycles. The van der Waals surface area contributed by atoms with Crippen molar-refractivity contribution in [3.8, 4) is 11.5 Å². The van der Waals surface area contributed by atoms with Gasteiger partial charge in [0.15, 0.2) is 6.61 Å². The Morgan fingerprint density at radius 3 is 2.00 bits per heavy atom. The summed E-state index contributed by atoms with van der Waals surface area (Å²) >= 11 is 0. The third-order valence-corrected chi connectivity index (χ3v) is 4.18. The van der Waals surface area contributed by atoms with E-state index in [-0.39, 0.29) is 11.7 Å². The van der Waals surface area contributed by atoms with E-state index < -0.39 is 36.4 Å². The summed E-state index contributed by atoms with van der Waals surface area (Å²) in [6.07, 6.45) is 2.81. The minimum Gasteiger partial charge on any atom is -0.481 e. The lowest BCUT2D eigenvalue weighted by Gasteiger charge is -2.24. The molecule has 0 atom stereocenters. The Bertz CT molecular complexity index is 714. The molecule has 27 heavy (non-hydrogen) atoms. The van der Waals surface area contributed by atoms with E-state index in [1.54, 1.807) is 0 Å². The number of aliphatic carboxylic acids is 1. The molecule has 0 bridgehead atoms. The van der Waals surface area contributed by atoms with Crippen molar-refractivity contribution in [3.05, 3.63) is 36.9 Å². The van der Waals surface area contributed by atoms with E-state index in [9.17, 15) is 19.2 Å². The van der Waals surface area contributed by atoms with Crippen molar-refractivity contribution in [2.75, 3.05) is 6.61 Å². The molecule has 0 radical (unpaired) electrons. The molecule has 1 aromatic carbocycles. The first-order valence-corrected chi connectivity index (χ1v) is 8.43. The summed E-state index contributed by atoms with van der Waals surface area (Å²) < 4.78 is 14.8. The van der Waals surface area contributed by atoms with Crippen molar-refractivity contribution in [2.45, 2.75) is 25.7 Å². The number of esters is 3. The highest BCUT2D eigenvalue weighted by molar-refractivity contribution is 5.84. The Hall–Kier alpha value is -3.16. The molecule has 0 spiro atoms. The molecule has 0 unspecified atom stereocenters. The van der Waals surface area contributed by atoms with Crippen LogP contribution in [-0.4, -0.2) is 35.6 Å². The molecule has 1 aliphatic rings. The zero-order valence-electron chi connectivity index (χ0n) is 14.6. The Kier molecular flexibility index (Phi) is 7.10. The van der Waals surface area contributed by atoms with E-state index in [4.69, 9.17) is 14.6 Å². The highest BCUT2D eigenvalue weighted by Crippen LogP contribution is 2.30. The van der Waals surface area contributed by atoms with Crippen LogP contribution in [0, 0.1) is 11.8 Å². The Morgan fingerprint density at radius 1 is 0.963 bits per heavy atom. The van der Waals surface area contributed by atoms with Gasteiger partial charge in [0.05, 0.1) is 11.8 Å². The van der Waals surface area contributed by atoms with Crippen LogP contribution in [0.4, 0.5) is 0 Å². The van der Waals surface area contributed by atoms with Crippen molar-refractivity contribution in [2.24, 2.45) is 11.8 Å². The summed E-state index contributed by atoms with van der Waals surface area (Å²) in [7, 11) is 0. The minimum absolute atomic E-state index is 0.205. The van der Waals surface area contributed by atoms with Crippen molar-refractivity contribution in [3.63, 3.8) is 0 Å². The van der Waals surface area contributed by atoms with Crippen LogP contribution in [0.15, 0.2) is 36.9 Å². The maximum atomic E-state index is 12.2. The molecule has 1 saturated carbocycles. The zero-order valence-corrected chi connectivity index (χ0v) is 14.6. The van der Waals surface area contributed by atoms with Gasteiger partial charge in [0.1, 0.15) is 11.5 Å². The van der Waals surface area contributed by atoms with E-state index in [0.717, 1.165) is 6.08 Å². The molecule has 0 saturated heterocycles. The number of carboxylic acids is 1. The SMILES string of the molecule is C=CC(=O)OCC(=O)Oc1ccc(OC(=O)C2CCC(C(=O)O)CC2)cc1. The predicted octanol–water partition coefficient (Wildman–Crippen LogP) is 2.12. The van der Waals surface area contributed by atoms with Gasteiger partial charge in [-0.2, -0.15) is 0 Å². The van der Waals surface area contributed by atoms with Gasteiger partial charge in [-0.05, 0) is 49.9 Å². The summed E-state index contributed by atoms with van der Waals surface area (Å²) in [5, 5.41) is 8.98. The zero-order chi connectivity index (χ0) is 19.8. The van der Waals surface area contributed by atoms with Gasteiger partial charge in [-0.3, -0.25) is 9.59 Å². The first kappa shape index (κ1) is 20.2. The summed E-state index contributed by atoms with van der Waals surface area (Å²) in [6.45, 7) is 2.67. The summed E-state index contributed by atoms with van der Waals surface area (Å²) in [6, 6.07) is 5.83. The number of carbonyl (C=O) groups excluding carboxylic acids is 3. The third-order valence-electron chi connectivity index (χ3n) is 4.18. The number of ether oxygens (including phenoxy) is 3. The average molecular weight is 376 g/mol. The molecule has 1 aromatic rings. The second-order valence-electron chi connectivity index (χ2n) is 6.07. The van der Waals surface area contributed by atoms with Gasteiger partial charge in [0.2, 0.25) is 0 Å². The Balaban J connectivity index is 1.80. The van der Waals surface area contributed by atoms with Crippen molar-refractivity contribution in [1.82, 2.24) is 0 Å². The van der Waals surface area contributed by atoms with Gasteiger partial charge in [-0.15, -0.1) is 0 Å². The quantitative estimate of drug-likeness (QED) is 0.437. The molecule has 1 N–H and O–H groups in total. The van der Waals surface area contributed by atoms with Gasteiger partial charge in [-0.25, -0.2) is 9.59 Å². The van der Waals surface area contributed by atoms with Crippen LogP contribution in [0.2, 0.25) is 0 Å². The number of rotatable bonds is 7. The summed E-state index contributed by atoms with van der Waals surface area (Å²) in [5.74, 6) is -2.94. The lowest BCUT2D eigenvalue weighted by Crippen LogP contribution is -2.28. The molecular formula is C19H20O8. The highest BCUT2D eigenvalue weighted by Gasteiger charge is 2.30. The summed E-state index contributed by atoms with van der Waals surface area (Å²) in [5.41, 5.74) is 0. The topological polar surface area (TPSA) is 116 Å². The van der Waals surface area contributed by atoms with Gasteiger partial charge >= 0.3 is 23.9 Å². The van der Waals surface area contributed by atoms with E-state index in [1.165, 1.54) is 24.3 Å². The van der Waals surface area contributed by atoms with Crippen LogP contribution >= 0.6 is 0 Å². The van der Waals surface area contributed by atoms with Crippen LogP contribution in [0.1, 0.15) is 25.7 Å². The van der Waals surface area contributed by atoms with E-state index >= 15 is 0 Å². The fourth-order valence-corrected chi connectivity index (χ4v) is 2.70. The predicted molar refractivity (Wildman–Crippen MR) is 92.0 cm³/mol. The average Bonchev–Trinajstić information content (AvgIpc) is 2.67. The van der Waals surface area contributed by atoms with E-state index in [2.05, 4.69) is 11.3 Å². The highest BCUT2D eigenvalue weighted by atomic mass is 16.6. The van der Waals surface area contributed by atoms with Crippen LogP contribution in [0.5, 0.6) is 11.5 Å². The molecule has 0 amide bonds. The minimum atomic E-state index is -0.828. The fraction of sp³-hybridized carbons (Fsp3) is 0.368.